The summed E-state index contributed by atoms with van der Waals surface area (Å²) in [4.78, 5) is 19.8. The number of fused-ring (bicyclic) bond motifs is 1. The molecule has 1 atom stereocenters. The number of carboxylic acids is 1. The van der Waals surface area contributed by atoms with Crippen molar-refractivity contribution in [2.45, 2.75) is 25.5 Å². The molecule has 5 nitrogen and oxygen atoms in total. The molecule has 0 radical (unpaired) electrons. The third-order valence-electron chi connectivity index (χ3n) is 3.07. The molecule has 0 saturated heterocycles. The standard InChI is InChI=1S/C14H19N3O2S2/c1-9(7-20-3)6-17-13-12(10(2)4-5-15-13)16-14(17)21-8-11(18)19/h4-5,9H,6-8H2,1-3H3,(H,18,19). The number of rotatable bonds is 7. The van der Waals surface area contributed by atoms with Crippen LogP contribution in [-0.2, 0) is 11.3 Å². The lowest BCUT2D eigenvalue weighted by Gasteiger charge is -2.13. The zero-order chi connectivity index (χ0) is 15.4. The average Bonchev–Trinajstić information content (AvgIpc) is 2.76. The average molecular weight is 325 g/mol. The molecule has 7 heteroatoms. The number of pyridine rings is 1. The number of carboxylic acid groups (broad SMARTS) is 1. The van der Waals surface area contributed by atoms with Gasteiger partial charge in [0, 0.05) is 12.7 Å². The monoisotopic (exact) mass is 325 g/mol. The Bertz CT molecular complexity index is 642. The second-order valence-electron chi connectivity index (χ2n) is 5.05. The highest BCUT2D eigenvalue weighted by Gasteiger charge is 2.16. The van der Waals surface area contributed by atoms with E-state index in [1.54, 1.807) is 6.20 Å². The van der Waals surface area contributed by atoms with Gasteiger partial charge in [0.25, 0.3) is 0 Å². The topological polar surface area (TPSA) is 68.0 Å². The Morgan fingerprint density at radius 1 is 1.52 bits per heavy atom. The number of hydrogen-bond acceptors (Lipinski definition) is 5. The van der Waals surface area contributed by atoms with Crippen molar-refractivity contribution in [1.29, 1.82) is 0 Å². The highest BCUT2D eigenvalue weighted by atomic mass is 32.2. The van der Waals surface area contributed by atoms with E-state index >= 15 is 0 Å². The summed E-state index contributed by atoms with van der Waals surface area (Å²) < 4.78 is 2.05. The second-order valence-corrected chi connectivity index (χ2v) is 6.90. The third kappa shape index (κ3) is 3.91. The molecule has 1 unspecified atom stereocenters. The molecule has 1 N–H and O–H groups in total. The number of carbonyl (C=O) groups is 1. The molecule has 0 aliphatic carbocycles. The van der Waals surface area contributed by atoms with Crippen molar-refractivity contribution in [3.05, 3.63) is 17.8 Å². The number of hydrogen-bond donors (Lipinski definition) is 1. The van der Waals surface area contributed by atoms with Crippen LogP contribution in [0.15, 0.2) is 17.4 Å². The summed E-state index contributed by atoms with van der Waals surface area (Å²) in [5.74, 6) is 0.706. The van der Waals surface area contributed by atoms with Gasteiger partial charge in [-0.05, 0) is 36.5 Å². The first-order valence-corrected chi connectivity index (χ1v) is 9.06. The van der Waals surface area contributed by atoms with Crippen molar-refractivity contribution in [3.63, 3.8) is 0 Å². The van der Waals surface area contributed by atoms with Gasteiger partial charge in [-0.1, -0.05) is 18.7 Å². The fraction of sp³-hybridized carbons (Fsp3) is 0.500. The van der Waals surface area contributed by atoms with Crippen LogP contribution >= 0.6 is 23.5 Å². The van der Waals surface area contributed by atoms with Crippen molar-refractivity contribution < 1.29 is 9.90 Å². The first kappa shape index (κ1) is 16.2. The van der Waals surface area contributed by atoms with E-state index in [2.05, 4.69) is 27.7 Å². The minimum atomic E-state index is -0.833. The molecule has 2 rings (SSSR count). The van der Waals surface area contributed by atoms with Crippen LogP contribution < -0.4 is 0 Å². The summed E-state index contributed by atoms with van der Waals surface area (Å²) in [5.41, 5.74) is 2.77. The van der Waals surface area contributed by atoms with Crippen LogP contribution in [0.5, 0.6) is 0 Å². The molecular formula is C14H19N3O2S2. The molecule has 2 aromatic heterocycles. The van der Waals surface area contributed by atoms with Crippen LogP contribution in [0.3, 0.4) is 0 Å². The minimum Gasteiger partial charge on any atom is -0.481 e. The maximum Gasteiger partial charge on any atom is 0.313 e. The van der Waals surface area contributed by atoms with Gasteiger partial charge in [0.1, 0.15) is 5.52 Å². The number of aromatic nitrogens is 3. The molecule has 0 aromatic carbocycles. The second kappa shape index (κ2) is 7.17. The first-order valence-electron chi connectivity index (χ1n) is 6.68. The van der Waals surface area contributed by atoms with Crippen molar-refractivity contribution in [2.24, 2.45) is 5.92 Å². The van der Waals surface area contributed by atoms with Crippen LogP contribution in [0, 0.1) is 12.8 Å². The smallest absolute Gasteiger partial charge is 0.313 e. The predicted octanol–water partition coefficient (Wildman–Crippen LogP) is 2.92. The van der Waals surface area contributed by atoms with Crippen LogP contribution in [0.25, 0.3) is 11.2 Å². The van der Waals surface area contributed by atoms with E-state index in [-0.39, 0.29) is 5.75 Å². The van der Waals surface area contributed by atoms with E-state index < -0.39 is 5.97 Å². The molecule has 0 bridgehead atoms. The van der Waals surface area contributed by atoms with Gasteiger partial charge >= 0.3 is 5.97 Å². The summed E-state index contributed by atoms with van der Waals surface area (Å²) in [6.45, 7) is 4.98. The van der Waals surface area contributed by atoms with Crippen LogP contribution in [-0.4, -0.2) is 43.4 Å². The van der Waals surface area contributed by atoms with Crippen molar-refractivity contribution >= 4 is 40.7 Å². The fourth-order valence-corrected chi connectivity index (χ4v) is 3.57. The molecule has 2 heterocycles. The lowest BCUT2D eigenvalue weighted by atomic mass is 10.2. The molecule has 0 aliphatic rings. The fourth-order valence-electron chi connectivity index (χ4n) is 2.17. The maximum atomic E-state index is 10.8. The van der Waals surface area contributed by atoms with E-state index in [1.165, 1.54) is 11.8 Å². The number of imidazole rings is 1. The summed E-state index contributed by atoms with van der Waals surface area (Å²) in [7, 11) is 0. The molecule has 0 fully saturated rings. The van der Waals surface area contributed by atoms with Crippen molar-refractivity contribution in [2.75, 3.05) is 17.8 Å². The van der Waals surface area contributed by atoms with E-state index in [4.69, 9.17) is 5.11 Å². The Labute approximate surface area is 132 Å². The Morgan fingerprint density at radius 3 is 2.95 bits per heavy atom. The van der Waals surface area contributed by atoms with Gasteiger partial charge in [0.2, 0.25) is 0 Å². The van der Waals surface area contributed by atoms with Gasteiger partial charge in [-0.2, -0.15) is 11.8 Å². The Balaban J connectivity index is 2.39. The lowest BCUT2D eigenvalue weighted by Crippen LogP contribution is -2.12. The molecule has 0 spiro atoms. The zero-order valence-corrected chi connectivity index (χ0v) is 14.0. The molecule has 2 aromatic rings. The van der Waals surface area contributed by atoms with Gasteiger partial charge in [0.05, 0.1) is 5.75 Å². The number of thioether (sulfide) groups is 2. The van der Waals surface area contributed by atoms with E-state index in [9.17, 15) is 4.79 Å². The largest absolute Gasteiger partial charge is 0.481 e. The van der Waals surface area contributed by atoms with Crippen LogP contribution in [0.1, 0.15) is 12.5 Å². The number of aryl methyl sites for hydroxylation is 1. The molecule has 0 amide bonds. The van der Waals surface area contributed by atoms with Crippen LogP contribution in [0.4, 0.5) is 0 Å². The summed E-state index contributed by atoms with van der Waals surface area (Å²) in [6.07, 6.45) is 3.87. The molecule has 114 valence electrons. The molecule has 21 heavy (non-hydrogen) atoms. The number of aliphatic carboxylic acids is 1. The van der Waals surface area contributed by atoms with Gasteiger partial charge in [-0.3, -0.25) is 4.79 Å². The van der Waals surface area contributed by atoms with Gasteiger partial charge in [-0.15, -0.1) is 0 Å². The van der Waals surface area contributed by atoms with Crippen molar-refractivity contribution in [1.82, 2.24) is 14.5 Å². The summed E-state index contributed by atoms with van der Waals surface area (Å²) in [6, 6.07) is 1.93. The Kier molecular flexibility index (Phi) is 5.52. The predicted molar refractivity (Wildman–Crippen MR) is 88.2 cm³/mol. The minimum absolute atomic E-state index is 0.0132. The van der Waals surface area contributed by atoms with Gasteiger partial charge in [-0.25, -0.2) is 9.97 Å². The molecule has 0 aliphatic heterocycles. The number of nitrogens with zero attached hydrogens (tertiary/aromatic N) is 3. The van der Waals surface area contributed by atoms with E-state index in [1.807, 2.05) is 24.8 Å². The third-order valence-corrected chi connectivity index (χ3v) is 4.93. The highest BCUT2D eigenvalue weighted by Crippen LogP contribution is 2.26. The normalized spacial score (nSPS) is 12.7. The van der Waals surface area contributed by atoms with E-state index in [0.29, 0.717) is 5.92 Å². The quantitative estimate of drug-likeness (QED) is 0.790. The van der Waals surface area contributed by atoms with Crippen molar-refractivity contribution in [3.8, 4) is 0 Å². The first-order chi connectivity index (χ1) is 10.0. The Hall–Kier alpha value is -1.21. The maximum absolute atomic E-state index is 10.8. The Morgan fingerprint density at radius 2 is 2.29 bits per heavy atom. The summed E-state index contributed by atoms with van der Waals surface area (Å²) >= 11 is 3.06. The summed E-state index contributed by atoms with van der Waals surface area (Å²) in [5, 5.41) is 9.62. The van der Waals surface area contributed by atoms with Gasteiger partial charge in [0.15, 0.2) is 10.8 Å². The SMILES string of the molecule is CSCC(C)Cn1c(SCC(=O)O)nc2c(C)ccnc21. The molecular weight excluding hydrogens is 306 g/mol. The van der Waals surface area contributed by atoms with E-state index in [0.717, 1.165) is 34.2 Å². The zero-order valence-electron chi connectivity index (χ0n) is 12.4. The van der Waals surface area contributed by atoms with Crippen LogP contribution in [0.2, 0.25) is 0 Å². The van der Waals surface area contributed by atoms with Gasteiger partial charge < -0.3 is 9.67 Å². The molecule has 0 saturated carbocycles. The highest BCUT2D eigenvalue weighted by molar-refractivity contribution is 7.99. The lowest BCUT2D eigenvalue weighted by molar-refractivity contribution is -0.133.